The molecule has 0 spiro atoms. The van der Waals surface area contributed by atoms with Crippen LogP contribution in [0.1, 0.15) is 31.4 Å². The Morgan fingerprint density at radius 2 is 1.94 bits per heavy atom. The van der Waals surface area contributed by atoms with E-state index in [2.05, 4.69) is 0 Å². The Hall–Kier alpha value is -1.84. The van der Waals surface area contributed by atoms with Crippen LogP contribution in [0.15, 0.2) is 18.2 Å². The Bertz CT molecular complexity index is 475. The summed E-state index contributed by atoms with van der Waals surface area (Å²) in [6.45, 7) is 5.61. The predicted octanol–water partition coefficient (Wildman–Crippen LogP) is 2.33. The smallest absolute Gasteiger partial charge is 0.372 e. The van der Waals surface area contributed by atoms with Crippen molar-refractivity contribution in [2.75, 3.05) is 7.11 Å². The average molecular weight is 250 g/mol. The van der Waals surface area contributed by atoms with Gasteiger partial charge in [-0.2, -0.15) is 0 Å². The largest absolute Gasteiger partial charge is 0.496 e. The van der Waals surface area contributed by atoms with Gasteiger partial charge in [-0.05, 0) is 18.6 Å². The standard InChI is InChI=1S/C14H18O4/c1-9-5-6-10(12(7-9)18-4)14(2,3)8-11(15)13(16)17/h5-7H,8H2,1-4H3,(H,16,17). The maximum absolute atomic E-state index is 11.4. The highest BCUT2D eigenvalue weighted by Gasteiger charge is 2.29. The van der Waals surface area contributed by atoms with Crippen LogP contribution >= 0.6 is 0 Å². The summed E-state index contributed by atoms with van der Waals surface area (Å²) < 4.78 is 5.30. The molecule has 0 amide bonds. The quantitative estimate of drug-likeness (QED) is 0.814. The summed E-state index contributed by atoms with van der Waals surface area (Å²) >= 11 is 0. The summed E-state index contributed by atoms with van der Waals surface area (Å²) in [4.78, 5) is 22.0. The molecule has 1 rings (SSSR count). The number of aryl methyl sites for hydroxylation is 1. The first-order valence-corrected chi connectivity index (χ1v) is 5.69. The summed E-state index contributed by atoms with van der Waals surface area (Å²) in [6, 6.07) is 5.68. The maximum Gasteiger partial charge on any atom is 0.372 e. The molecule has 1 N–H and O–H groups in total. The first-order chi connectivity index (χ1) is 8.27. The molecule has 0 atom stereocenters. The van der Waals surface area contributed by atoms with Gasteiger partial charge in [0.2, 0.25) is 5.78 Å². The van der Waals surface area contributed by atoms with Crippen LogP contribution in [0.25, 0.3) is 0 Å². The molecular formula is C14H18O4. The molecule has 98 valence electrons. The van der Waals surface area contributed by atoms with E-state index in [0.717, 1.165) is 11.1 Å². The van der Waals surface area contributed by atoms with E-state index in [0.29, 0.717) is 5.75 Å². The van der Waals surface area contributed by atoms with Gasteiger partial charge in [0, 0.05) is 17.4 Å². The number of benzene rings is 1. The third-order valence-electron chi connectivity index (χ3n) is 2.93. The van der Waals surface area contributed by atoms with Gasteiger partial charge in [0.1, 0.15) is 5.75 Å². The normalized spacial score (nSPS) is 11.1. The number of ketones is 1. The molecule has 0 aliphatic rings. The molecule has 0 heterocycles. The molecule has 0 aromatic heterocycles. The molecule has 1 aromatic carbocycles. The monoisotopic (exact) mass is 250 g/mol. The van der Waals surface area contributed by atoms with Crippen molar-refractivity contribution < 1.29 is 19.4 Å². The minimum Gasteiger partial charge on any atom is -0.496 e. The lowest BCUT2D eigenvalue weighted by Crippen LogP contribution is -2.26. The van der Waals surface area contributed by atoms with Crippen LogP contribution in [-0.4, -0.2) is 24.0 Å². The summed E-state index contributed by atoms with van der Waals surface area (Å²) in [7, 11) is 1.56. The Balaban J connectivity index is 3.11. The fourth-order valence-electron chi connectivity index (χ4n) is 1.93. The molecule has 4 nitrogen and oxygen atoms in total. The van der Waals surface area contributed by atoms with Crippen molar-refractivity contribution in [3.8, 4) is 5.75 Å². The summed E-state index contributed by atoms with van der Waals surface area (Å²) in [6.07, 6.45) is -0.0538. The van der Waals surface area contributed by atoms with Crippen molar-refractivity contribution >= 4 is 11.8 Å². The highest BCUT2D eigenvalue weighted by molar-refractivity contribution is 6.32. The van der Waals surface area contributed by atoms with Gasteiger partial charge in [0.15, 0.2) is 0 Å². The number of Topliss-reactive ketones (excluding diaryl/α,β-unsaturated/α-hetero) is 1. The van der Waals surface area contributed by atoms with Crippen LogP contribution in [-0.2, 0) is 15.0 Å². The van der Waals surface area contributed by atoms with Gasteiger partial charge in [-0.15, -0.1) is 0 Å². The lowest BCUT2D eigenvalue weighted by Gasteiger charge is -2.26. The van der Waals surface area contributed by atoms with Crippen LogP contribution in [0.5, 0.6) is 5.75 Å². The highest BCUT2D eigenvalue weighted by atomic mass is 16.5. The van der Waals surface area contributed by atoms with E-state index in [-0.39, 0.29) is 6.42 Å². The van der Waals surface area contributed by atoms with Crippen molar-refractivity contribution in [1.82, 2.24) is 0 Å². The Morgan fingerprint density at radius 3 is 2.44 bits per heavy atom. The second kappa shape index (κ2) is 5.21. The summed E-state index contributed by atoms with van der Waals surface area (Å²) in [5, 5.41) is 8.68. The Kier molecular flexibility index (Phi) is 4.11. The number of aliphatic carboxylic acids is 1. The van der Waals surface area contributed by atoms with Gasteiger partial charge in [0.05, 0.1) is 7.11 Å². The SMILES string of the molecule is COc1cc(C)ccc1C(C)(C)CC(=O)C(=O)O. The summed E-state index contributed by atoms with van der Waals surface area (Å²) in [5.74, 6) is -1.50. The predicted molar refractivity (Wildman–Crippen MR) is 68.0 cm³/mol. The molecule has 1 aromatic rings. The van der Waals surface area contributed by atoms with Crippen molar-refractivity contribution in [3.63, 3.8) is 0 Å². The molecule has 0 aliphatic heterocycles. The van der Waals surface area contributed by atoms with Gasteiger partial charge < -0.3 is 9.84 Å². The molecule has 4 heteroatoms. The first kappa shape index (κ1) is 14.2. The van der Waals surface area contributed by atoms with Crippen LogP contribution < -0.4 is 4.74 Å². The Labute approximate surface area is 107 Å². The number of methoxy groups -OCH3 is 1. The molecular weight excluding hydrogens is 232 g/mol. The second-order valence-electron chi connectivity index (χ2n) is 4.99. The number of carbonyl (C=O) groups is 2. The van der Waals surface area contributed by atoms with Gasteiger partial charge in [0.25, 0.3) is 0 Å². The van der Waals surface area contributed by atoms with E-state index < -0.39 is 17.2 Å². The van der Waals surface area contributed by atoms with Gasteiger partial charge in [-0.25, -0.2) is 4.79 Å². The minimum absolute atomic E-state index is 0.0538. The molecule has 0 fully saturated rings. The lowest BCUT2D eigenvalue weighted by atomic mass is 9.79. The molecule has 0 saturated heterocycles. The molecule has 18 heavy (non-hydrogen) atoms. The number of carboxylic acid groups (broad SMARTS) is 1. The third kappa shape index (κ3) is 3.09. The van der Waals surface area contributed by atoms with E-state index >= 15 is 0 Å². The first-order valence-electron chi connectivity index (χ1n) is 5.69. The maximum atomic E-state index is 11.4. The number of hydrogen-bond acceptors (Lipinski definition) is 3. The van der Waals surface area contributed by atoms with Crippen molar-refractivity contribution in [2.45, 2.75) is 32.6 Å². The van der Waals surface area contributed by atoms with Crippen molar-refractivity contribution in [2.24, 2.45) is 0 Å². The minimum atomic E-state index is -1.39. The second-order valence-corrected chi connectivity index (χ2v) is 4.99. The number of hydrogen-bond donors (Lipinski definition) is 1. The zero-order valence-electron chi connectivity index (χ0n) is 11.1. The van der Waals surface area contributed by atoms with Crippen LogP contribution in [0.4, 0.5) is 0 Å². The number of rotatable bonds is 5. The van der Waals surface area contributed by atoms with Crippen LogP contribution in [0.3, 0.4) is 0 Å². The van der Waals surface area contributed by atoms with E-state index in [1.165, 1.54) is 0 Å². The Morgan fingerprint density at radius 1 is 1.33 bits per heavy atom. The van der Waals surface area contributed by atoms with Gasteiger partial charge >= 0.3 is 5.97 Å². The van der Waals surface area contributed by atoms with Crippen molar-refractivity contribution in [3.05, 3.63) is 29.3 Å². The molecule has 0 saturated carbocycles. The van der Waals surface area contributed by atoms with Gasteiger partial charge in [-0.3, -0.25) is 4.79 Å². The molecule has 0 radical (unpaired) electrons. The van der Waals surface area contributed by atoms with Crippen LogP contribution in [0, 0.1) is 6.92 Å². The molecule has 0 bridgehead atoms. The molecule has 0 aliphatic carbocycles. The van der Waals surface area contributed by atoms with E-state index in [1.807, 2.05) is 39.0 Å². The van der Waals surface area contributed by atoms with E-state index in [1.54, 1.807) is 7.11 Å². The zero-order chi connectivity index (χ0) is 13.9. The number of carbonyl (C=O) groups excluding carboxylic acids is 1. The third-order valence-corrected chi connectivity index (χ3v) is 2.93. The van der Waals surface area contributed by atoms with E-state index in [9.17, 15) is 9.59 Å². The number of ether oxygens (including phenoxy) is 1. The lowest BCUT2D eigenvalue weighted by molar-refractivity contribution is -0.149. The molecule has 0 unspecified atom stereocenters. The number of carboxylic acids is 1. The van der Waals surface area contributed by atoms with Crippen LogP contribution in [0.2, 0.25) is 0 Å². The topological polar surface area (TPSA) is 63.6 Å². The zero-order valence-corrected chi connectivity index (χ0v) is 11.1. The average Bonchev–Trinajstić information content (AvgIpc) is 2.27. The fourth-order valence-corrected chi connectivity index (χ4v) is 1.93. The van der Waals surface area contributed by atoms with Gasteiger partial charge in [-0.1, -0.05) is 26.0 Å². The van der Waals surface area contributed by atoms with E-state index in [4.69, 9.17) is 9.84 Å². The highest BCUT2D eigenvalue weighted by Crippen LogP contribution is 2.35. The summed E-state index contributed by atoms with van der Waals surface area (Å²) in [5.41, 5.74) is 1.32. The van der Waals surface area contributed by atoms with Crippen molar-refractivity contribution in [1.29, 1.82) is 0 Å². The fraction of sp³-hybridized carbons (Fsp3) is 0.429.